The van der Waals surface area contributed by atoms with E-state index in [2.05, 4.69) is 4.72 Å². The summed E-state index contributed by atoms with van der Waals surface area (Å²) in [4.78, 5) is 23.7. The third kappa shape index (κ3) is 6.00. The van der Waals surface area contributed by atoms with Gasteiger partial charge in [0.05, 0.1) is 9.82 Å². The number of anilines is 1. The first kappa shape index (κ1) is 22.3. The Kier molecular flexibility index (Phi) is 6.93. The van der Waals surface area contributed by atoms with Crippen LogP contribution in [0.15, 0.2) is 41.3 Å². The first-order valence-electron chi connectivity index (χ1n) is 8.68. The minimum atomic E-state index is -4.12. The minimum Gasteiger partial charge on any atom is -0.460 e. The van der Waals surface area contributed by atoms with Crippen molar-refractivity contribution in [1.29, 1.82) is 0 Å². The number of ether oxygens (including phenoxy) is 1. The molecule has 0 aromatic heterocycles. The molecule has 2 aromatic rings. The van der Waals surface area contributed by atoms with Gasteiger partial charge < -0.3 is 9.64 Å². The molecule has 10 heteroatoms. The lowest BCUT2D eigenvalue weighted by Gasteiger charge is -2.14. The zero-order chi connectivity index (χ0) is 21.8. The van der Waals surface area contributed by atoms with Gasteiger partial charge in [-0.2, -0.15) is 4.72 Å². The smallest absolute Gasteiger partial charge is 0.321 e. The summed E-state index contributed by atoms with van der Waals surface area (Å²) < 4.78 is 32.0. The highest BCUT2D eigenvalue weighted by atomic mass is 32.2. The summed E-state index contributed by atoms with van der Waals surface area (Å²) in [5.74, 6) is -0.757. The maximum absolute atomic E-state index is 12.4. The van der Waals surface area contributed by atoms with Gasteiger partial charge in [0.2, 0.25) is 10.0 Å². The van der Waals surface area contributed by atoms with E-state index in [1.807, 2.05) is 32.0 Å². The van der Waals surface area contributed by atoms with Gasteiger partial charge in [-0.1, -0.05) is 29.3 Å². The monoisotopic (exact) mass is 421 g/mol. The van der Waals surface area contributed by atoms with Crippen molar-refractivity contribution >= 4 is 27.4 Å². The zero-order valence-corrected chi connectivity index (χ0v) is 17.4. The molecule has 0 aliphatic rings. The number of hydrogen-bond acceptors (Lipinski definition) is 7. The number of carbonyl (C=O) groups excluding carboxylic acids is 1. The Morgan fingerprint density at radius 1 is 1.14 bits per heavy atom. The lowest BCUT2D eigenvalue weighted by Crippen LogP contribution is -2.30. The van der Waals surface area contributed by atoms with Gasteiger partial charge in [0.15, 0.2) is 0 Å². The second-order valence-electron chi connectivity index (χ2n) is 6.78. The summed E-state index contributed by atoms with van der Waals surface area (Å²) in [6, 6.07) is 9.26. The van der Waals surface area contributed by atoms with Crippen molar-refractivity contribution in [2.45, 2.75) is 25.3 Å². The first-order chi connectivity index (χ1) is 13.5. The Hall–Kier alpha value is -2.98. The minimum absolute atomic E-state index is 0.0199. The van der Waals surface area contributed by atoms with Crippen LogP contribution in [0, 0.1) is 24.0 Å². The highest BCUT2D eigenvalue weighted by Gasteiger charge is 2.23. The van der Waals surface area contributed by atoms with Gasteiger partial charge >= 0.3 is 5.97 Å². The molecule has 0 bridgehead atoms. The van der Waals surface area contributed by atoms with Crippen LogP contribution in [0.25, 0.3) is 0 Å². The lowest BCUT2D eigenvalue weighted by molar-refractivity contribution is -0.384. The number of carbonyl (C=O) groups is 1. The summed E-state index contributed by atoms with van der Waals surface area (Å²) in [6.45, 7) is 3.28. The van der Waals surface area contributed by atoms with Gasteiger partial charge in [-0.15, -0.1) is 0 Å². The molecule has 2 rings (SSSR count). The Morgan fingerprint density at radius 2 is 1.76 bits per heavy atom. The largest absolute Gasteiger partial charge is 0.460 e. The number of nitrogens with one attached hydrogen (secondary N) is 1. The molecule has 0 aliphatic heterocycles. The van der Waals surface area contributed by atoms with Gasteiger partial charge in [-0.05, 0) is 31.5 Å². The highest BCUT2D eigenvalue weighted by Crippen LogP contribution is 2.29. The van der Waals surface area contributed by atoms with E-state index in [-0.39, 0.29) is 22.9 Å². The summed E-state index contributed by atoms with van der Waals surface area (Å²) in [7, 11) is -0.901. The van der Waals surface area contributed by atoms with Crippen molar-refractivity contribution in [2.24, 2.45) is 0 Å². The molecule has 0 atom stereocenters. The molecule has 0 heterocycles. The maximum Gasteiger partial charge on any atom is 0.321 e. The van der Waals surface area contributed by atoms with Crippen LogP contribution in [0.2, 0.25) is 0 Å². The topological polar surface area (TPSA) is 119 Å². The fourth-order valence-electron chi connectivity index (χ4n) is 2.80. The number of nitro groups is 1. The predicted octanol–water partition coefficient (Wildman–Crippen LogP) is 2.30. The number of esters is 1. The van der Waals surface area contributed by atoms with E-state index >= 15 is 0 Å². The summed E-state index contributed by atoms with van der Waals surface area (Å²) in [5.41, 5.74) is 2.77. The Labute approximate surface area is 169 Å². The highest BCUT2D eigenvalue weighted by molar-refractivity contribution is 7.89. The maximum atomic E-state index is 12.4. The fraction of sp³-hybridized carbons (Fsp3) is 0.316. The molecule has 0 spiro atoms. The van der Waals surface area contributed by atoms with Crippen molar-refractivity contribution in [3.63, 3.8) is 0 Å². The molecule has 0 saturated heterocycles. The lowest BCUT2D eigenvalue weighted by atomic mass is 10.1. The number of hydrogen-bond donors (Lipinski definition) is 1. The van der Waals surface area contributed by atoms with Crippen molar-refractivity contribution in [2.75, 3.05) is 25.5 Å². The number of rotatable bonds is 8. The van der Waals surface area contributed by atoms with Crippen molar-refractivity contribution in [1.82, 2.24) is 4.72 Å². The Morgan fingerprint density at radius 3 is 2.31 bits per heavy atom. The SMILES string of the molecule is Cc1cc(C)cc(COC(=O)CNS(=O)(=O)c2ccc(N(C)C)c([N+](=O)[O-])c2)c1. The van der Waals surface area contributed by atoms with E-state index in [0.29, 0.717) is 0 Å². The number of benzene rings is 2. The number of aryl methyl sites for hydroxylation is 2. The molecule has 0 aliphatic carbocycles. The molecule has 0 unspecified atom stereocenters. The van der Waals surface area contributed by atoms with Crippen molar-refractivity contribution in [3.8, 4) is 0 Å². The third-order valence-electron chi connectivity index (χ3n) is 4.02. The van der Waals surface area contributed by atoms with E-state index in [1.54, 1.807) is 14.1 Å². The molecule has 1 N–H and O–H groups in total. The molecule has 9 nitrogen and oxygen atoms in total. The quantitative estimate of drug-likeness (QED) is 0.395. The van der Waals surface area contributed by atoms with E-state index in [0.717, 1.165) is 22.8 Å². The average Bonchev–Trinajstić information content (AvgIpc) is 2.63. The Balaban J connectivity index is 2.04. The van der Waals surface area contributed by atoms with Gasteiger partial charge in [0.1, 0.15) is 18.8 Å². The van der Waals surface area contributed by atoms with Crippen LogP contribution in [0.1, 0.15) is 16.7 Å². The van der Waals surface area contributed by atoms with Crippen molar-refractivity contribution < 1.29 is 22.9 Å². The summed E-state index contributed by atoms with van der Waals surface area (Å²) >= 11 is 0. The van der Waals surface area contributed by atoms with E-state index in [1.165, 1.54) is 17.0 Å². The molecular weight excluding hydrogens is 398 g/mol. The molecule has 0 saturated carbocycles. The van der Waals surface area contributed by atoms with E-state index < -0.39 is 27.5 Å². The van der Waals surface area contributed by atoms with Crippen LogP contribution >= 0.6 is 0 Å². The van der Waals surface area contributed by atoms with Gasteiger partial charge in [0, 0.05) is 20.2 Å². The van der Waals surface area contributed by atoms with Crippen LogP contribution in [-0.4, -0.2) is 40.0 Å². The number of nitrogens with zero attached hydrogens (tertiary/aromatic N) is 2. The fourth-order valence-corrected chi connectivity index (χ4v) is 3.79. The average molecular weight is 421 g/mol. The number of nitro benzene ring substituents is 1. The molecule has 0 amide bonds. The molecule has 29 heavy (non-hydrogen) atoms. The summed E-state index contributed by atoms with van der Waals surface area (Å²) in [5, 5.41) is 11.2. The standard InChI is InChI=1S/C19H23N3O6S/c1-13-7-14(2)9-15(8-13)12-28-19(23)11-20-29(26,27)16-5-6-17(21(3)4)18(10-16)22(24)25/h5-10,20H,11-12H2,1-4H3. The molecule has 0 radical (unpaired) electrons. The third-order valence-corrected chi connectivity index (χ3v) is 5.42. The number of sulfonamides is 1. The van der Waals surface area contributed by atoms with Crippen LogP contribution in [-0.2, 0) is 26.2 Å². The zero-order valence-electron chi connectivity index (χ0n) is 16.6. The molecular formula is C19H23N3O6S. The Bertz CT molecular complexity index is 1010. The molecule has 156 valence electrons. The molecule has 0 fully saturated rings. The first-order valence-corrected chi connectivity index (χ1v) is 10.2. The second kappa shape index (κ2) is 9.01. The van der Waals surface area contributed by atoms with Crippen LogP contribution < -0.4 is 9.62 Å². The van der Waals surface area contributed by atoms with Crippen LogP contribution in [0.5, 0.6) is 0 Å². The van der Waals surface area contributed by atoms with E-state index in [9.17, 15) is 23.3 Å². The normalized spacial score (nSPS) is 11.2. The van der Waals surface area contributed by atoms with Gasteiger partial charge in [-0.3, -0.25) is 14.9 Å². The van der Waals surface area contributed by atoms with E-state index in [4.69, 9.17) is 4.74 Å². The van der Waals surface area contributed by atoms with Crippen LogP contribution in [0.3, 0.4) is 0 Å². The van der Waals surface area contributed by atoms with Crippen LogP contribution in [0.4, 0.5) is 11.4 Å². The summed E-state index contributed by atoms with van der Waals surface area (Å²) in [6.07, 6.45) is 0. The molecule has 2 aromatic carbocycles. The van der Waals surface area contributed by atoms with Gasteiger partial charge in [-0.25, -0.2) is 8.42 Å². The van der Waals surface area contributed by atoms with Crippen molar-refractivity contribution in [3.05, 3.63) is 63.2 Å². The second-order valence-corrected chi connectivity index (χ2v) is 8.55. The van der Waals surface area contributed by atoms with Gasteiger partial charge in [0.25, 0.3) is 5.69 Å². The predicted molar refractivity (Wildman–Crippen MR) is 108 cm³/mol.